The van der Waals surface area contributed by atoms with E-state index in [4.69, 9.17) is 0 Å². The summed E-state index contributed by atoms with van der Waals surface area (Å²) >= 11 is 0. The molecule has 3 heteroatoms. The van der Waals surface area contributed by atoms with Crippen molar-refractivity contribution >= 4 is 0 Å². The van der Waals surface area contributed by atoms with Gasteiger partial charge in [0.1, 0.15) is 5.54 Å². The molecule has 1 unspecified atom stereocenters. The second-order valence-corrected chi connectivity index (χ2v) is 6.16. The van der Waals surface area contributed by atoms with Crippen molar-refractivity contribution in [3.63, 3.8) is 0 Å². The van der Waals surface area contributed by atoms with Crippen molar-refractivity contribution < 1.29 is 0 Å². The summed E-state index contributed by atoms with van der Waals surface area (Å²) in [4.78, 5) is 2.40. The van der Waals surface area contributed by atoms with Crippen LogP contribution in [-0.2, 0) is 0 Å². The molecule has 18 heavy (non-hydrogen) atoms. The molecule has 0 radical (unpaired) electrons. The van der Waals surface area contributed by atoms with Gasteiger partial charge < -0.3 is 4.90 Å². The monoisotopic (exact) mass is 249 g/mol. The maximum absolute atomic E-state index is 9.70. The normalized spacial score (nSPS) is 23.1. The van der Waals surface area contributed by atoms with Crippen LogP contribution in [0.25, 0.3) is 0 Å². The second kappa shape index (κ2) is 5.59. The van der Waals surface area contributed by atoms with Crippen LogP contribution < -0.4 is 5.32 Å². The van der Waals surface area contributed by atoms with Gasteiger partial charge in [0.05, 0.1) is 6.07 Å². The van der Waals surface area contributed by atoms with E-state index in [-0.39, 0.29) is 5.54 Å². The first-order valence-corrected chi connectivity index (χ1v) is 7.54. The topological polar surface area (TPSA) is 39.1 Å². The van der Waals surface area contributed by atoms with E-state index in [1.807, 2.05) is 0 Å². The van der Waals surface area contributed by atoms with E-state index >= 15 is 0 Å². The lowest BCUT2D eigenvalue weighted by Gasteiger charge is -2.36. The van der Waals surface area contributed by atoms with Crippen LogP contribution in [-0.4, -0.2) is 36.1 Å². The van der Waals surface area contributed by atoms with Crippen molar-refractivity contribution in [2.24, 2.45) is 5.92 Å². The molecule has 2 saturated carbocycles. The molecule has 0 heterocycles. The molecule has 102 valence electrons. The molecule has 0 amide bonds. The van der Waals surface area contributed by atoms with Gasteiger partial charge in [-0.2, -0.15) is 5.26 Å². The largest absolute Gasteiger partial charge is 0.301 e. The molecule has 1 atom stereocenters. The molecule has 0 spiro atoms. The maximum Gasteiger partial charge on any atom is 0.122 e. The van der Waals surface area contributed by atoms with E-state index in [0.717, 1.165) is 6.54 Å². The van der Waals surface area contributed by atoms with Crippen LogP contribution in [0.15, 0.2) is 0 Å². The van der Waals surface area contributed by atoms with Crippen LogP contribution in [0.2, 0.25) is 0 Å². The SMILES string of the molecule is CCC(CC)N(C)CC(C#N)(NC1CC1)C1CC1. The Balaban J connectivity index is 2.01. The third-order valence-corrected chi connectivity index (χ3v) is 4.58. The Morgan fingerprint density at radius 2 is 1.89 bits per heavy atom. The van der Waals surface area contributed by atoms with Gasteiger partial charge >= 0.3 is 0 Å². The Morgan fingerprint density at radius 3 is 2.28 bits per heavy atom. The number of nitrogens with zero attached hydrogens (tertiary/aromatic N) is 2. The lowest BCUT2D eigenvalue weighted by molar-refractivity contribution is 0.168. The summed E-state index contributed by atoms with van der Waals surface area (Å²) in [5.41, 5.74) is -0.279. The van der Waals surface area contributed by atoms with Crippen LogP contribution in [0, 0.1) is 17.2 Å². The van der Waals surface area contributed by atoms with Crippen molar-refractivity contribution in [1.29, 1.82) is 5.26 Å². The van der Waals surface area contributed by atoms with Gasteiger partial charge in [0.15, 0.2) is 0 Å². The smallest absolute Gasteiger partial charge is 0.122 e. The average Bonchev–Trinajstić information content (AvgIpc) is 3.22. The van der Waals surface area contributed by atoms with Gasteiger partial charge in [-0.25, -0.2) is 0 Å². The highest BCUT2D eigenvalue weighted by Crippen LogP contribution is 2.42. The molecule has 0 aromatic carbocycles. The zero-order chi connectivity index (χ0) is 13.2. The van der Waals surface area contributed by atoms with E-state index in [0.29, 0.717) is 18.0 Å². The van der Waals surface area contributed by atoms with Gasteiger partial charge in [0.2, 0.25) is 0 Å². The molecule has 0 bridgehead atoms. The molecule has 3 nitrogen and oxygen atoms in total. The highest BCUT2D eigenvalue weighted by atomic mass is 15.2. The number of likely N-dealkylation sites (N-methyl/N-ethyl adjacent to an activating group) is 1. The van der Waals surface area contributed by atoms with Crippen molar-refractivity contribution in [1.82, 2.24) is 10.2 Å². The van der Waals surface area contributed by atoms with Crippen molar-refractivity contribution in [2.75, 3.05) is 13.6 Å². The van der Waals surface area contributed by atoms with Gasteiger partial charge in [-0.05, 0) is 51.5 Å². The van der Waals surface area contributed by atoms with Crippen LogP contribution in [0.1, 0.15) is 52.4 Å². The van der Waals surface area contributed by atoms with Gasteiger partial charge in [-0.1, -0.05) is 13.8 Å². The average molecular weight is 249 g/mol. The lowest BCUT2D eigenvalue weighted by Crippen LogP contribution is -2.56. The summed E-state index contributed by atoms with van der Waals surface area (Å²) in [6.07, 6.45) is 7.30. The Bertz CT molecular complexity index is 310. The van der Waals surface area contributed by atoms with Crippen molar-refractivity contribution in [3.8, 4) is 6.07 Å². The Hall–Kier alpha value is -0.590. The lowest BCUT2D eigenvalue weighted by atomic mass is 9.93. The zero-order valence-electron chi connectivity index (χ0n) is 12.1. The number of nitrogens with one attached hydrogen (secondary N) is 1. The first-order valence-electron chi connectivity index (χ1n) is 7.54. The number of nitriles is 1. The fraction of sp³-hybridized carbons (Fsp3) is 0.933. The Morgan fingerprint density at radius 1 is 1.28 bits per heavy atom. The van der Waals surface area contributed by atoms with Crippen LogP contribution >= 0.6 is 0 Å². The summed E-state index contributed by atoms with van der Waals surface area (Å²) in [5, 5.41) is 13.3. The van der Waals surface area contributed by atoms with E-state index in [2.05, 4.69) is 37.2 Å². The summed E-state index contributed by atoms with van der Waals surface area (Å²) in [6, 6.07) is 3.85. The fourth-order valence-corrected chi connectivity index (χ4v) is 3.05. The third-order valence-electron chi connectivity index (χ3n) is 4.58. The minimum atomic E-state index is -0.279. The van der Waals surface area contributed by atoms with E-state index in [1.54, 1.807) is 0 Å². The molecule has 0 saturated heterocycles. The molecule has 0 aromatic heterocycles. The van der Waals surface area contributed by atoms with Gasteiger partial charge in [0.25, 0.3) is 0 Å². The summed E-state index contributed by atoms with van der Waals surface area (Å²) in [7, 11) is 2.18. The van der Waals surface area contributed by atoms with Crippen LogP contribution in [0.3, 0.4) is 0 Å². The zero-order valence-corrected chi connectivity index (χ0v) is 12.1. The van der Waals surface area contributed by atoms with Crippen molar-refractivity contribution in [3.05, 3.63) is 0 Å². The minimum absolute atomic E-state index is 0.279. The third kappa shape index (κ3) is 3.05. The summed E-state index contributed by atoms with van der Waals surface area (Å²) in [5.74, 6) is 0.583. The minimum Gasteiger partial charge on any atom is -0.301 e. The predicted octanol–water partition coefficient (Wildman–Crippen LogP) is 2.53. The Labute approximate surface area is 112 Å². The molecule has 2 fully saturated rings. The quantitative estimate of drug-likeness (QED) is 0.718. The fourth-order valence-electron chi connectivity index (χ4n) is 3.05. The molecule has 2 aliphatic carbocycles. The molecular formula is C15H27N3. The number of rotatable bonds is 8. The molecule has 2 aliphatic rings. The summed E-state index contributed by atoms with van der Waals surface area (Å²) < 4.78 is 0. The first kappa shape index (κ1) is 13.8. The van der Waals surface area contributed by atoms with Crippen LogP contribution in [0.4, 0.5) is 0 Å². The standard InChI is InChI=1S/C15H27N3/c1-4-14(5-2)18(3)11-15(10-16,12-6-7-12)17-13-8-9-13/h12-14,17H,4-9,11H2,1-3H3. The molecule has 0 aliphatic heterocycles. The number of hydrogen-bond donors (Lipinski definition) is 1. The molecular weight excluding hydrogens is 222 g/mol. The van der Waals surface area contributed by atoms with E-state index in [1.165, 1.54) is 38.5 Å². The summed E-state index contributed by atoms with van der Waals surface area (Å²) in [6.45, 7) is 5.37. The first-order chi connectivity index (χ1) is 8.65. The number of hydrogen-bond acceptors (Lipinski definition) is 3. The van der Waals surface area contributed by atoms with Crippen LogP contribution in [0.5, 0.6) is 0 Å². The van der Waals surface area contributed by atoms with Gasteiger partial charge in [0, 0.05) is 18.6 Å². The molecule has 2 rings (SSSR count). The second-order valence-electron chi connectivity index (χ2n) is 6.16. The predicted molar refractivity (Wildman–Crippen MR) is 74.2 cm³/mol. The Kier molecular flexibility index (Phi) is 4.29. The highest BCUT2D eigenvalue weighted by molar-refractivity contribution is 5.18. The van der Waals surface area contributed by atoms with Gasteiger partial charge in [-0.15, -0.1) is 0 Å². The molecule has 0 aromatic rings. The van der Waals surface area contributed by atoms with E-state index in [9.17, 15) is 5.26 Å². The van der Waals surface area contributed by atoms with Crippen molar-refractivity contribution in [2.45, 2.75) is 70.0 Å². The molecule has 1 N–H and O–H groups in total. The van der Waals surface area contributed by atoms with Gasteiger partial charge in [-0.3, -0.25) is 5.32 Å². The highest BCUT2D eigenvalue weighted by Gasteiger charge is 2.49. The van der Waals surface area contributed by atoms with E-state index < -0.39 is 0 Å². The maximum atomic E-state index is 9.70.